The first-order valence-corrected chi connectivity index (χ1v) is 9.56. The van der Waals surface area contributed by atoms with Crippen LogP contribution < -0.4 is 5.32 Å². The van der Waals surface area contributed by atoms with Crippen molar-refractivity contribution in [2.24, 2.45) is 0 Å². The van der Waals surface area contributed by atoms with Crippen LogP contribution in [0.25, 0.3) is 5.82 Å². The molecular weight excluding hydrogens is 358 g/mol. The quantitative estimate of drug-likeness (QED) is 0.874. The third-order valence-corrected chi connectivity index (χ3v) is 4.45. The summed E-state index contributed by atoms with van der Waals surface area (Å²) in [6.45, 7) is 6.36. The maximum absolute atomic E-state index is 12.8. The summed E-state index contributed by atoms with van der Waals surface area (Å²) in [6.07, 6.45) is 7.18. The van der Waals surface area contributed by atoms with E-state index in [1.54, 1.807) is 22.0 Å². The lowest BCUT2D eigenvalue weighted by atomic mass is 10.0. The van der Waals surface area contributed by atoms with E-state index < -0.39 is 17.7 Å². The Labute approximate surface area is 164 Å². The number of aromatic nitrogens is 3. The second kappa shape index (κ2) is 8.41. The van der Waals surface area contributed by atoms with Gasteiger partial charge in [0.25, 0.3) is 0 Å². The first kappa shape index (κ1) is 19.9. The van der Waals surface area contributed by atoms with Crippen LogP contribution in [0.1, 0.15) is 45.6 Å². The van der Waals surface area contributed by atoms with Gasteiger partial charge in [0.2, 0.25) is 5.91 Å². The number of nitrogens with one attached hydrogen (secondary N) is 1. The zero-order chi connectivity index (χ0) is 20.1. The fourth-order valence-electron chi connectivity index (χ4n) is 3.15. The molecule has 0 aromatic carbocycles. The molecule has 1 aliphatic rings. The zero-order valence-electron chi connectivity index (χ0n) is 16.6. The van der Waals surface area contributed by atoms with Crippen LogP contribution in [0.15, 0.2) is 36.8 Å². The van der Waals surface area contributed by atoms with Gasteiger partial charge >= 0.3 is 6.09 Å². The van der Waals surface area contributed by atoms with E-state index in [0.717, 1.165) is 18.4 Å². The first-order valence-electron chi connectivity index (χ1n) is 9.56. The van der Waals surface area contributed by atoms with Crippen molar-refractivity contribution in [3.63, 3.8) is 0 Å². The van der Waals surface area contributed by atoms with Gasteiger partial charge in [0.15, 0.2) is 5.82 Å². The summed E-state index contributed by atoms with van der Waals surface area (Å²) in [5.74, 6) is 0.521. The van der Waals surface area contributed by atoms with E-state index in [1.165, 1.54) is 0 Å². The number of rotatable bonds is 4. The van der Waals surface area contributed by atoms with Gasteiger partial charge in [-0.15, -0.1) is 0 Å². The summed E-state index contributed by atoms with van der Waals surface area (Å²) < 4.78 is 7.13. The minimum Gasteiger partial charge on any atom is -0.444 e. The normalized spacial score (nSPS) is 17.2. The highest BCUT2D eigenvalue weighted by Crippen LogP contribution is 2.21. The molecule has 8 nitrogen and oxygen atoms in total. The van der Waals surface area contributed by atoms with E-state index in [1.807, 2.05) is 45.2 Å². The fourth-order valence-corrected chi connectivity index (χ4v) is 3.15. The van der Waals surface area contributed by atoms with Gasteiger partial charge in [-0.3, -0.25) is 9.69 Å². The minimum absolute atomic E-state index is 0.164. The number of likely N-dealkylation sites (tertiary alicyclic amines) is 1. The Hall–Kier alpha value is -2.90. The van der Waals surface area contributed by atoms with Crippen LogP contribution >= 0.6 is 0 Å². The first-order chi connectivity index (χ1) is 13.3. The van der Waals surface area contributed by atoms with Gasteiger partial charge in [0.05, 0.1) is 0 Å². The highest BCUT2D eigenvalue weighted by molar-refractivity contribution is 5.85. The van der Waals surface area contributed by atoms with Gasteiger partial charge in [0, 0.05) is 31.7 Å². The average Bonchev–Trinajstić information content (AvgIpc) is 3.20. The Kier molecular flexibility index (Phi) is 5.96. The SMILES string of the molecule is CC(C)(C)OC(=O)N1CCCCC1C(=O)NCc1ccnc(-n2cccn2)c1. The Morgan fingerprint density at radius 2 is 2.11 bits per heavy atom. The van der Waals surface area contributed by atoms with Crippen LogP contribution in [0.5, 0.6) is 0 Å². The largest absolute Gasteiger partial charge is 0.444 e. The van der Waals surface area contributed by atoms with Crippen LogP contribution in [0.2, 0.25) is 0 Å². The van der Waals surface area contributed by atoms with Crippen molar-refractivity contribution in [1.82, 2.24) is 25.0 Å². The van der Waals surface area contributed by atoms with Crippen LogP contribution in [0.3, 0.4) is 0 Å². The molecule has 1 unspecified atom stereocenters. The van der Waals surface area contributed by atoms with Crippen LogP contribution in [0, 0.1) is 0 Å². The number of piperidine rings is 1. The Morgan fingerprint density at radius 1 is 1.29 bits per heavy atom. The second-order valence-corrected chi connectivity index (χ2v) is 7.88. The lowest BCUT2D eigenvalue weighted by Gasteiger charge is -2.35. The number of hydrogen-bond donors (Lipinski definition) is 1. The number of carbonyl (C=O) groups excluding carboxylic acids is 2. The standard InChI is InChI=1S/C20H27N5O3/c1-20(2,3)28-19(27)24-11-5-4-7-16(24)18(26)22-14-15-8-10-21-17(13-15)25-12-6-9-23-25/h6,8-10,12-13,16H,4-5,7,11,14H2,1-3H3,(H,22,26). The molecule has 150 valence electrons. The Balaban J connectivity index is 1.63. The van der Waals surface area contributed by atoms with E-state index in [2.05, 4.69) is 15.4 Å². The maximum Gasteiger partial charge on any atom is 0.410 e. The van der Waals surface area contributed by atoms with E-state index in [4.69, 9.17) is 4.74 Å². The Bertz CT molecular complexity index is 813. The summed E-state index contributed by atoms with van der Waals surface area (Å²) in [7, 11) is 0. The maximum atomic E-state index is 12.8. The number of ether oxygens (including phenoxy) is 1. The van der Waals surface area contributed by atoms with Crippen molar-refractivity contribution in [3.8, 4) is 5.82 Å². The van der Waals surface area contributed by atoms with Gasteiger partial charge in [-0.25, -0.2) is 14.5 Å². The Morgan fingerprint density at radius 3 is 2.82 bits per heavy atom. The van der Waals surface area contributed by atoms with Crippen molar-refractivity contribution in [2.75, 3.05) is 6.54 Å². The number of hydrogen-bond acceptors (Lipinski definition) is 5. The molecule has 1 aliphatic heterocycles. The number of carbonyl (C=O) groups is 2. The molecule has 3 rings (SSSR count). The molecule has 8 heteroatoms. The summed E-state index contributed by atoms with van der Waals surface area (Å²) in [5, 5.41) is 7.11. The molecule has 0 bridgehead atoms. The molecular formula is C20H27N5O3. The average molecular weight is 385 g/mol. The third-order valence-electron chi connectivity index (χ3n) is 4.45. The fraction of sp³-hybridized carbons (Fsp3) is 0.500. The minimum atomic E-state index is -0.588. The van der Waals surface area contributed by atoms with E-state index >= 15 is 0 Å². The van der Waals surface area contributed by atoms with Gasteiger partial charge in [-0.05, 0) is 63.8 Å². The van der Waals surface area contributed by atoms with Crippen molar-refractivity contribution in [1.29, 1.82) is 0 Å². The lowest BCUT2D eigenvalue weighted by molar-refractivity contribution is -0.127. The predicted octanol–water partition coefficient (Wildman–Crippen LogP) is 2.67. The van der Waals surface area contributed by atoms with Crippen molar-refractivity contribution >= 4 is 12.0 Å². The molecule has 1 atom stereocenters. The van der Waals surface area contributed by atoms with Crippen LogP contribution in [0.4, 0.5) is 4.79 Å². The molecule has 0 radical (unpaired) electrons. The summed E-state index contributed by atoms with van der Waals surface area (Å²) in [4.78, 5) is 31.1. The molecule has 1 N–H and O–H groups in total. The second-order valence-electron chi connectivity index (χ2n) is 7.88. The van der Waals surface area contributed by atoms with Crippen LogP contribution in [-0.2, 0) is 16.1 Å². The van der Waals surface area contributed by atoms with E-state index in [-0.39, 0.29) is 5.91 Å². The van der Waals surface area contributed by atoms with Gasteiger partial charge < -0.3 is 10.1 Å². The number of nitrogens with zero attached hydrogens (tertiary/aromatic N) is 4. The van der Waals surface area contributed by atoms with Gasteiger partial charge in [-0.1, -0.05) is 0 Å². The zero-order valence-corrected chi connectivity index (χ0v) is 16.6. The van der Waals surface area contributed by atoms with E-state index in [0.29, 0.717) is 25.3 Å². The van der Waals surface area contributed by atoms with Crippen molar-refractivity contribution in [2.45, 2.75) is 58.2 Å². The molecule has 2 aromatic heterocycles. The molecule has 1 fully saturated rings. The summed E-state index contributed by atoms with van der Waals surface area (Å²) >= 11 is 0. The molecule has 0 aliphatic carbocycles. The van der Waals surface area contributed by atoms with Crippen molar-refractivity contribution in [3.05, 3.63) is 42.4 Å². The molecule has 28 heavy (non-hydrogen) atoms. The molecule has 1 saturated heterocycles. The smallest absolute Gasteiger partial charge is 0.410 e. The van der Waals surface area contributed by atoms with Gasteiger partial charge in [-0.2, -0.15) is 5.10 Å². The molecule has 2 amide bonds. The third kappa shape index (κ3) is 5.09. The molecule has 2 aromatic rings. The highest BCUT2D eigenvalue weighted by atomic mass is 16.6. The summed E-state index contributed by atoms with van der Waals surface area (Å²) in [6, 6.07) is 5.04. The van der Waals surface area contributed by atoms with Crippen molar-refractivity contribution < 1.29 is 14.3 Å². The monoisotopic (exact) mass is 385 g/mol. The molecule has 0 saturated carbocycles. The molecule has 0 spiro atoms. The lowest BCUT2D eigenvalue weighted by Crippen LogP contribution is -2.52. The molecule has 3 heterocycles. The highest BCUT2D eigenvalue weighted by Gasteiger charge is 2.34. The topological polar surface area (TPSA) is 89.4 Å². The van der Waals surface area contributed by atoms with Gasteiger partial charge in [0.1, 0.15) is 11.6 Å². The van der Waals surface area contributed by atoms with E-state index in [9.17, 15) is 9.59 Å². The predicted molar refractivity (Wildman–Crippen MR) is 104 cm³/mol. The van der Waals surface area contributed by atoms with Crippen LogP contribution in [-0.4, -0.2) is 49.9 Å². The summed E-state index contributed by atoms with van der Waals surface area (Å²) in [5.41, 5.74) is 0.323. The number of amides is 2. The number of pyridine rings is 1.